The molecular weight excluding hydrogens is 312 g/mol. The molecule has 0 saturated carbocycles. The summed E-state index contributed by atoms with van der Waals surface area (Å²) in [5, 5.41) is 0. The van der Waals surface area contributed by atoms with E-state index in [2.05, 4.69) is 29.2 Å². The van der Waals surface area contributed by atoms with Gasteiger partial charge < -0.3 is 9.88 Å². The first-order chi connectivity index (χ1) is 12.2. The van der Waals surface area contributed by atoms with Crippen LogP contribution in [-0.4, -0.2) is 28.9 Å². The molecule has 1 spiro atoms. The second-order valence-corrected chi connectivity index (χ2v) is 7.42. The van der Waals surface area contributed by atoms with E-state index in [1.54, 1.807) is 12.3 Å². The highest BCUT2D eigenvalue weighted by molar-refractivity contribution is 5.94. The molecule has 1 fully saturated rings. The summed E-state index contributed by atoms with van der Waals surface area (Å²) in [7, 11) is 0. The number of nitrogens with one attached hydrogen (secondary N) is 1. The molecule has 4 heteroatoms. The van der Waals surface area contributed by atoms with E-state index in [4.69, 9.17) is 0 Å². The second-order valence-electron chi connectivity index (χ2n) is 7.42. The minimum absolute atomic E-state index is 0.0214. The highest BCUT2D eigenvalue weighted by Crippen LogP contribution is 2.42. The maximum absolute atomic E-state index is 12.9. The van der Waals surface area contributed by atoms with Crippen molar-refractivity contribution in [2.75, 3.05) is 13.1 Å². The average Bonchev–Trinajstić information content (AvgIpc) is 2.81. The predicted octanol–water partition coefficient (Wildman–Crippen LogP) is 3.28. The van der Waals surface area contributed by atoms with E-state index in [9.17, 15) is 9.59 Å². The molecule has 1 atom stereocenters. The summed E-state index contributed by atoms with van der Waals surface area (Å²) < 4.78 is 0. The van der Waals surface area contributed by atoms with Gasteiger partial charge in [0.25, 0.3) is 5.91 Å². The zero-order valence-electron chi connectivity index (χ0n) is 14.5. The number of rotatable bonds is 1. The minimum Gasteiger partial charge on any atom is -0.338 e. The van der Waals surface area contributed by atoms with E-state index in [-0.39, 0.29) is 16.9 Å². The molecule has 1 aliphatic heterocycles. The Hall–Kier alpha value is -2.36. The summed E-state index contributed by atoms with van der Waals surface area (Å²) in [5.74, 6) is -0.0214. The molecule has 1 aliphatic carbocycles. The van der Waals surface area contributed by atoms with Crippen LogP contribution in [0.5, 0.6) is 0 Å². The summed E-state index contributed by atoms with van der Waals surface area (Å²) >= 11 is 0. The molecule has 4 rings (SSSR count). The van der Waals surface area contributed by atoms with Crippen molar-refractivity contribution in [3.8, 4) is 0 Å². The Kier molecular flexibility index (Phi) is 4.20. The van der Waals surface area contributed by atoms with Gasteiger partial charge in [-0.25, -0.2) is 0 Å². The third kappa shape index (κ3) is 3.01. The highest BCUT2D eigenvalue weighted by atomic mass is 16.2. The number of H-pyrrole nitrogens is 1. The highest BCUT2D eigenvalue weighted by Gasteiger charge is 2.40. The van der Waals surface area contributed by atoms with Crippen molar-refractivity contribution < 1.29 is 4.79 Å². The lowest BCUT2D eigenvalue weighted by Gasteiger charge is -2.43. The third-order valence-electron chi connectivity index (χ3n) is 5.83. The lowest BCUT2D eigenvalue weighted by molar-refractivity contribution is 0.0625. The number of pyridine rings is 1. The van der Waals surface area contributed by atoms with E-state index in [1.807, 2.05) is 4.90 Å². The van der Waals surface area contributed by atoms with Crippen LogP contribution in [0.2, 0.25) is 0 Å². The number of aromatic nitrogens is 1. The zero-order chi connectivity index (χ0) is 17.3. The molecule has 25 heavy (non-hydrogen) atoms. The number of aryl methyl sites for hydroxylation is 1. The van der Waals surface area contributed by atoms with Crippen molar-refractivity contribution in [2.24, 2.45) is 0 Å². The average molecular weight is 336 g/mol. The smallest absolute Gasteiger partial charge is 0.254 e. The van der Waals surface area contributed by atoms with Gasteiger partial charge in [-0.05, 0) is 49.3 Å². The van der Waals surface area contributed by atoms with E-state index in [1.165, 1.54) is 30.0 Å². The topological polar surface area (TPSA) is 53.2 Å². The molecule has 1 unspecified atom stereocenters. The molecule has 130 valence electrons. The van der Waals surface area contributed by atoms with E-state index in [0.717, 1.165) is 38.8 Å². The normalized spacial score (nSPS) is 23.1. The number of aromatic amines is 1. The fraction of sp³-hybridized carbons (Fsp3) is 0.429. The molecule has 2 aromatic rings. The Morgan fingerprint density at radius 2 is 1.92 bits per heavy atom. The molecule has 1 aromatic heterocycles. The molecule has 1 amide bonds. The van der Waals surface area contributed by atoms with Crippen molar-refractivity contribution in [2.45, 2.75) is 43.9 Å². The quantitative estimate of drug-likeness (QED) is 0.869. The van der Waals surface area contributed by atoms with Crippen LogP contribution in [0.4, 0.5) is 0 Å². The van der Waals surface area contributed by atoms with Crippen molar-refractivity contribution in [1.29, 1.82) is 0 Å². The SMILES string of the molecule is O=C(c1cc[nH]c(=O)c1)N1CCCC2(CCCCc3ccccc32)C1. The van der Waals surface area contributed by atoms with Crippen molar-refractivity contribution >= 4 is 5.91 Å². The zero-order valence-corrected chi connectivity index (χ0v) is 14.5. The number of amides is 1. The molecule has 2 aliphatic rings. The Morgan fingerprint density at radius 1 is 1.08 bits per heavy atom. The molecule has 1 aromatic carbocycles. The number of nitrogens with zero attached hydrogens (tertiary/aromatic N) is 1. The van der Waals surface area contributed by atoms with Gasteiger partial charge in [-0.2, -0.15) is 0 Å². The number of benzene rings is 1. The Labute approximate surface area is 147 Å². The first-order valence-electron chi connectivity index (χ1n) is 9.24. The van der Waals surface area contributed by atoms with E-state index in [0.29, 0.717) is 5.56 Å². The number of carbonyl (C=O) groups is 1. The molecule has 1 saturated heterocycles. The van der Waals surface area contributed by atoms with Crippen LogP contribution in [0.1, 0.15) is 53.6 Å². The summed E-state index contributed by atoms with van der Waals surface area (Å²) in [5.41, 5.74) is 3.23. The maximum atomic E-state index is 12.9. The molecular formula is C21H24N2O2. The van der Waals surface area contributed by atoms with Crippen LogP contribution in [0, 0.1) is 0 Å². The summed E-state index contributed by atoms with van der Waals surface area (Å²) in [6, 6.07) is 11.9. The summed E-state index contributed by atoms with van der Waals surface area (Å²) in [6.07, 6.45) is 8.42. The lowest BCUT2D eigenvalue weighted by atomic mass is 9.70. The Morgan fingerprint density at radius 3 is 2.80 bits per heavy atom. The van der Waals surface area contributed by atoms with Crippen LogP contribution < -0.4 is 5.56 Å². The number of likely N-dealkylation sites (tertiary alicyclic amines) is 1. The monoisotopic (exact) mass is 336 g/mol. The second kappa shape index (κ2) is 6.51. The maximum Gasteiger partial charge on any atom is 0.254 e. The number of carbonyl (C=O) groups excluding carboxylic acids is 1. The predicted molar refractivity (Wildman–Crippen MR) is 97.9 cm³/mol. The van der Waals surface area contributed by atoms with Crippen molar-refractivity contribution in [3.05, 3.63) is 69.6 Å². The Balaban J connectivity index is 1.67. The number of fused-ring (bicyclic) bond motifs is 2. The van der Waals surface area contributed by atoms with Gasteiger partial charge in [0.2, 0.25) is 5.56 Å². The van der Waals surface area contributed by atoms with Crippen molar-refractivity contribution in [1.82, 2.24) is 9.88 Å². The van der Waals surface area contributed by atoms with Gasteiger partial charge in [0, 0.05) is 36.3 Å². The minimum atomic E-state index is -0.225. The number of piperidine rings is 1. The van der Waals surface area contributed by atoms with Crippen LogP contribution in [0.25, 0.3) is 0 Å². The van der Waals surface area contributed by atoms with Gasteiger partial charge in [0.15, 0.2) is 0 Å². The standard InChI is InChI=1S/C21H24N2O2/c24-19-14-17(9-12-22-19)20(25)23-13-5-11-21(15-23)10-4-3-7-16-6-1-2-8-18(16)21/h1-2,6,8-9,12,14H,3-5,7,10-11,13,15H2,(H,22,24). The lowest BCUT2D eigenvalue weighted by Crippen LogP contribution is -2.48. The molecule has 1 N–H and O–H groups in total. The number of hydrogen-bond donors (Lipinski definition) is 1. The van der Waals surface area contributed by atoms with Crippen LogP contribution in [0.3, 0.4) is 0 Å². The summed E-state index contributed by atoms with van der Waals surface area (Å²) in [4.78, 5) is 29.0. The molecule has 2 heterocycles. The molecule has 0 radical (unpaired) electrons. The molecule has 0 bridgehead atoms. The van der Waals surface area contributed by atoms with Crippen LogP contribution in [-0.2, 0) is 11.8 Å². The fourth-order valence-electron chi connectivity index (χ4n) is 4.66. The largest absolute Gasteiger partial charge is 0.338 e. The van der Waals surface area contributed by atoms with Gasteiger partial charge in [-0.15, -0.1) is 0 Å². The summed E-state index contributed by atoms with van der Waals surface area (Å²) in [6.45, 7) is 1.53. The van der Waals surface area contributed by atoms with Crippen LogP contribution >= 0.6 is 0 Å². The van der Waals surface area contributed by atoms with Gasteiger partial charge in [-0.1, -0.05) is 30.7 Å². The third-order valence-corrected chi connectivity index (χ3v) is 5.83. The van der Waals surface area contributed by atoms with Gasteiger partial charge in [0.1, 0.15) is 0 Å². The van der Waals surface area contributed by atoms with E-state index < -0.39 is 0 Å². The van der Waals surface area contributed by atoms with Crippen molar-refractivity contribution in [3.63, 3.8) is 0 Å². The molecule has 4 nitrogen and oxygen atoms in total. The van der Waals surface area contributed by atoms with Gasteiger partial charge in [0.05, 0.1) is 0 Å². The fourth-order valence-corrected chi connectivity index (χ4v) is 4.66. The first kappa shape index (κ1) is 16.1. The van der Waals surface area contributed by atoms with Crippen LogP contribution in [0.15, 0.2) is 47.4 Å². The van der Waals surface area contributed by atoms with Gasteiger partial charge >= 0.3 is 0 Å². The Bertz CT molecular complexity index is 842. The van der Waals surface area contributed by atoms with Gasteiger partial charge in [-0.3, -0.25) is 9.59 Å². The first-order valence-corrected chi connectivity index (χ1v) is 9.24. The number of hydrogen-bond acceptors (Lipinski definition) is 2. The van der Waals surface area contributed by atoms with E-state index >= 15 is 0 Å².